The molecular formula is C17H18N2O3. The molecule has 0 radical (unpaired) electrons. The van der Waals surface area contributed by atoms with Gasteiger partial charge >= 0.3 is 5.97 Å². The number of amides is 1. The largest absolute Gasteiger partial charge is 0.481 e. The molecule has 1 aliphatic heterocycles. The lowest BCUT2D eigenvalue weighted by Gasteiger charge is -2.17. The standard InChI is InChI=1S/C17H18N2O3/c1-18-9-5-8-15(18)16(20)19-10-13(14(11-19)17(21)22)12-6-3-2-4-7-12/h2-9,13-14H,10-11H2,1H3,(H,21,22)/t13-,14+/m1/s1. The molecule has 3 rings (SSSR count). The zero-order valence-corrected chi connectivity index (χ0v) is 12.3. The number of carboxylic acids is 1. The summed E-state index contributed by atoms with van der Waals surface area (Å²) in [6.45, 7) is 0.684. The minimum atomic E-state index is -0.851. The van der Waals surface area contributed by atoms with E-state index in [0.717, 1.165) is 5.56 Å². The molecule has 1 aromatic heterocycles. The Morgan fingerprint density at radius 3 is 2.41 bits per heavy atom. The number of carbonyl (C=O) groups is 2. The second-order valence-corrected chi connectivity index (χ2v) is 5.68. The third-order valence-corrected chi connectivity index (χ3v) is 4.31. The molecule has 1 saturated heterocycles. The number of rotatable bonds is 3. The number of carbonyl (C=O) groups excluding carboxylic acids is 1. The fraction of sp³-hybridized carbons (Fsp3) is 0.294. The molecule has 1 amide bonds. The van der Waals surface area contributed by atoms with Gasteiger partial charge in [0.2, 0.25) is 0 Å². The van der Waals surface area contributed by atoms with Crippen LogP contribution in [0, 0.1) is 5.92 Å². The molecule has 5 nitrogen and oxygen atoms in total. The molecule has 5 heteroatoms. The Bertz CT molecular complexity index is 693. The summed E-state index contributed by atoms with van der Waals surface area (Å²) in [6.07, 6.45) is 1.81. The molecule has 2 heterocycles. The van der Waals surface area contributed by atoms with E-state index in [4.69, 9.17) is 0 Å². The van der Waals surface area contributed by atoms with Gasteiger partial charge in [0.25, 0.3) is 5.91 Å². The van der Waals surface area contributed by atoms with Crippen molar-refractivity contribution >= 4 is 11.9 Å². The molecule has 2 atom stereocenters. The normalized spacial score (nSPS) is 21.0. The summed E-state index contributed by atoms with van der Waals surface area (Å²) < 4.78 is 1.76. The Hall–Kier alpha value is -2.56. The number of hydrogen-bond acceptors (Lipinski definition) is 2. The van der Waals surface area contributed by atoms with Gasteiger partial charge in [-0.2, -0.15) is 0 Å². The van der Waals surface area contributed by atoms with Gasteiger partial charge in [-0.1, -0.05) is 30.3 Å². The summed E-state index contributed by atoms with van der Waals surface area (Å²) in [4.78, 5) is 25.8. The molecule has 1 aromatic carbocycles. The summed E-state index contributed by atoms with van der Waals surface area (Å²) in [5.74, 6) is -1.69. The van der Waals surface area contributed by atoms with Crippen molar-refractivity contribution in [2.24, 2.45) is 13.0 Å². The van der Waals surface area contributed by atoms with E-state index in [-0.39, 0.29) is 18.4 Å². The highest BCUT2D eigenvalue weighted by Crippen LogP contribution is 2.33. The third kappa shape index (κ3) is 2.50. The number of hydrogen-bond donors (Lipinski definition) is 1. The average Bonchev–Trinajstić information content (AvgIpc) is 3.14. The smallest absolute Gasteiger partial charge is 0.308 e. The van der Waals surface area contributed by atoms with E-state index in [2.05, 4.69) is 0 Å². The van der Waals surface area contributed by atoms with Crippen LogP contribution in [0.15, 0.2) is 48.7 Å². The first kappa shape index (κ1) is 14.4. The number of aliphatic carboxylic acids is 1. The predicted molar refractivity (Wildman–Crippen MR) is 81.6 cm³/mol. The minimum Gasteiger partial charge on any atom is -0.481 e. The highest BCUT2D eigenvalue weighted by molar-refractivity contribution is 5.93. The van der Waals surface area contributed by atoms with Gasteiger partial charge in [0.15, 0.2) is 0 Å². The van der Waals surface area contributed by atoms with Crippen LogP contribution in [-0.4, -0.2) is 39.5 Å². The van der Waals surface area contributed by atoms with Crippen molar-refractivity contribution in [1.82, 2.24) is 9.47 Å². The van der Waals surface area contributed by atoms with Crippen molar-refractivity contribution in [2.75, 3.05) is 13.1 Å². The zero-order valence-electron chi connectivity index (χ0n) is 12.3. The molecule has 1 aliphatic rings. The fourth-order valence-electron chi connectivity index (χ4n) is 3.10. The van der Waals surface area contributed by atoms with Gasteiger partial charge in [0.05, 0.1) is 5.92 Å². The van der Waals surface area contributed by atoms with Gasteiger partial charge in [0.1, 0.15) is 5.69 Å². The number of aryl methyl sites for hydroxylation is 1. The van der Waals surface area contributed by atoms with Crippen molar-refractivity contribution < 1.29 is 14.7 Å². The number of carboxylic acid groups (broad SMARTS) is 1. The average molecular weight is 298 g/mol. The second kappa shape index (κ2) is 5.67. The van der Waals surface area contributed by atoms with Gasteiger partial charge in [-0.05, 0) is 17.7 Å². The van der Waals surface area contributed by atoms with E-state index in [1.165, 1.54) is 0 Å². The van der Waals surface area contributed by atoms with Crippen LogP contribution in [0.2, 0.25) is 0 Å². The van der Waals surface area contributed by atoms with Crippen molar-refractivity contribution in [3.8, 4) is 0 Å². The Labute approximate surface area is 128 Å². The number of aromatic nitrogens is 1. The first-order valence-electron chi connectivity index (χ1n) is 7.26. The molecule has 0 saturated carbocycles. The van der Waals surface area contributed by atoms with E-state index in [9.17, 15) is 14.7 Å². The number of benzene rings is 1. The predicted octanol–water partition coefficient (Wildman–Crippen LogP) is 1.97. The van der Waals surface area contributed by atoms with Gasteiger partial charge in [-0.25, -0.2) is 0 Å². The Morgan fingerprint density at radius 1 is 1.09 bits per heavy atom. The summed E-state index contributed by atoms with van der Waals surface area (Å²) in [5, 5.41) is 9.49. The fourth-order valence-corrected chi connectivity index (χ4v) is 3.10. The lowest BCUT2D eigenvalue weighted by Crippen LogP contribution is -2.31. The first-order valence-corrected chi connectivity index (χ1v) is 7.26. The summed E-state index contributed by atoms with van der Waals surface area (Å²) in [6, 6.07) is 13.1. The highest BCUT2D eigenvalue weighted by Gasteiger charge is 2.40. The van der Waals surface area contributed by atoms with E-state index >= 15 is 0 Å². The van der Waals surface area contributed by atoms with E-state index < -0.39 is 11.9 Å². The summed E-state index contributed by atoms with van der Waals surface area (Å²) in [7, 11) is 1.81. The maximum atomic E-state index is 12.6. The molecule has 0 bridgehead atoms. The molecule has 0 spiro atoms. The zero-order chi connectivity index (χ0) is 15.7. The monoisotopic (exact) mass is 298 g/mol. The molecule has 1 fully saturated rings. The van der Waals surface area contributed by atoms with Crippen LogP contribution in [0.25, 0.3) is 0 Å². The Balaban J connectivity index is 1.86. The van der Waals surface area contributed by atoms with Crippen molar-refractivity contribution in [3.05, 3.63) is 59.9 Å². The van der Waals surface area contributed by atoms with Crippen molar-refractivity contribution in [3.63, 3.8) is 0 Å². The molecule has 114 valence electrons. The van der Waals surface area contributed by atoms with Gasteiger partial charge in [-0.3, -0.25) is 9.59 Å². The Morgan fingerprint density at radius 2 is 1.82 bits per heavy atom. The maximum Gasteiger partial charge on any atom is 0.308 e. The molecule has 1 N–H and O–H groups in total. The minimum absolute atomic E-state index is 0.114. The van der Waals surface area contributed by atoms with Crippen LogP contribution >= 0.6 is 0 Å². The molecule has 22 heavy (non-hydrogen) atoms. The van der Waals surface area contributed by atoms with Crippen LogP contribution in [0.3, 0.4) is 0 Å². The second-order valence-electron chi connectivity index (χ2n) is 5.68. The van der Waals surface area contributed by atoms with Crippen LogP contribution < -0.4 is 0 Å². The van der Waals surface area contributed by atoms with E-state index in [1.807, 2.05) is 49.6 Å². The number of likely N-dealkylation sites (tertiary alicyclic amines) is 1. The lowest BCUT2D eigenvalue weighted by atomic mass is 9.89. The van der Waals surface area contributed by atoms with Crippen LogP contribution in [0.4, 0.5) is 0 Å². The van der Waals surface area contributed by atoms with Gasteiger partial charge in [-0.15, -0.1) is 0 Å². The van der Waals surface area contributed by atoms with Crippen LogP contribution in [0.5, 0.6) is 0 Å². The van der Waals surface area contributed by atoms with E-state index in [1.54, 1.807) is 15.5 Å². The molecule has 0 aliphatic carbocycles. The lowest BCUT2D eigenvalue weighted by molar-refractivity contribution is -0.141. The third-order valence-electron chi connectivity index (χ3n) is 4.31. The molecular weight excluding hydrogens is 280 g/mol. The number of nitrogens with zero attached hydrogens (tertiary/aromatic N) is 2. The van der Waals surface area contributed by atoms with Crippen molar-refractivity contribution in [2.45, 2.75) is 5.92 Å². The van der Waals surface area contributed by atoms with Crippen LogP contribution in [-0.2, 0) is 11.8 Å². The topological polar surface area (TPSA) is 62.5 Å². The van der Waals surface area contributed by atoms with E-state index in [0.29, 0.717) is 12.2 Å². The first-order chi connectivity index (χ1) is 10.6. The highest BCUT2D eigenvalue weighted by atomic mass is 16.4. The quantitative estimate of drug-likeness (QED) is 0.942. The molecule has 0 unspecified atom stereocenters. The maximum absolute atomic E-state index is 12.6. The summed E-state index contributed by atoms with van der Waals surface area (Å²) >= 11 is 0. The van der Waals surface area contributed by atoms with Gasteiger partial charge < -0.3 is 14.6 Å². The van der Waals surface area contributed by atoms with Crippen molar-refractivity contribution in [1.29, 1.82) is 0 Å². The van der Waals surface area contributed by atoms with Crippen LogP contribution in [0.1, 0.15) is 22.0 Å². The summed E-state index contributed by atoms with van der Waals surface area (Å²) in [5.41, 5.74) is 1.55. The SMILES string of the molecule is Cn1cccc1C(=O)N1C[C@H](C(=O)O)[C@@H](c2ccccc2)C1. The molecule has 2 aromatic rings. The Kier molecular flexibility index (Phi) is 3.71. The van der Waals surface area contributed by atoms with Gasteiger partial charge in [0, 0.05) is 32.3 Å².